The van der Waals surface area contributed by atoms with Crippen molar-refractivity contribution in [2.45, 2.75) is 18.6 Å². The van der Waals surface area contributed by atoms with E-state index in [0.29, 0.717) is 10.6 Å². The second-order valence-electron chi connectivity index (χ2n) is 5.35. The number of thiophene rings is 1. The number of rotatable bonds is 3. The minimum absolute atomic E-state index is 0.0699. The first kappa shape index (κ1) is 15.9. The topological polar surface area (TPSA) is 49.8 Å². The molecule has 1 aromatic heterocycles. The number of hydrogen-bond donors (Lipinski definition) is 1. The molecule has 1 N–H and O–H groups in total. The molecule has 0 bridgehead atoms. The summed E-state index contributed by atoms with van der Waals surface area (Å²) in [7, 11) is 1.46. The molecule has 0 unspecified atom stereocenters. The van der Waals surface area contributed by atoms with Crippen molar-refractivity contribution in [1.29, 1.82) is 0 Å². The lowest BCUT2D eigenvalue weighted by Crippen LogP contribution is -2.31. The average molecular weight is 339 g/mol. The van der Waals surface area contributed by atoms with Gasteiger partial charge in [0.15, 0.2) is 0 Å². The number of carbonyl (C=O) groups excluding carboxylic acids is 1. The second kappa shape index (κ2) is 6.25. The summed E-state index contributed by atoms with van der Waals surface area (Å²) in [5, 5.41) is 11.6. The molecule has 1 aliphatic rings. The van der Waals surface area contributed by atoms with Gasteiger partial charge in [-0.1, -0.05) is 0 Å². The van der Waals surface area contributed by atoms with E-state index in [4.69, 9.17) is 4.74 Å². The Kier molecular flexibility index (Phi) is 4.32. The first-order valence-corrected chi connectivity index (χ1v) is 7.94. The zero-order chi connectivity index (χ0) is 16.6. The van der Waals surface area contributed by atoms with Crippen LogP contribution in [-0.4, -0.2) is 35.7 Å². The molecule has 7 heteroatoms. The van der Waals surface area contributed by atoms with Crippen LogP contribution in [0.2, 0.25) is 0 Å². The van der Waals surface area contributed by atoms with Gasteiger partial charge in [-0.15, -0.1) is 11.3 Å². The monoisotopic (exact) mass is 339 g/mol. The minimum Gasteiger partial charge on any atom is -0.495 e. The maximum Gasteiger partial charge on any atom is 0.268 e. The standard InChI is InChI=1S/C16H15F2NO3S/c1-22-14-4-5-23-15(14)16(21)19-8-10(20)7-13(19)11-6-9(17)2-3-12(11)18/h2-6,10,13,20H,7-8H2,1H3/t10-,13+/m1/s1. The van der Waals surface area contributed by atoms with Gasteiger partial charge in [0.25, 0.3) is 5.91 Å². The summed E-state index contributed by atoms with van der Waals surface area (Å²) in [6.07, 6.45) is -0.614. The SMILES string of the molecule is COc1ccsc1C(=O)N1C[C@H](O)C[C@H]1c1cc(F)ccc1F. The van der Waals surface area contributed by atoms with Gasteiger partial charge in [-0.2, -0.15) is 0 Å². The van der Waals surface area contributed by atoms with E-state index in [2.05, 4.69) is 0 Å². The van der Waals surface area contributed by atoms with Gasteiger partial charge >= 0.3 is 0 Å². The highest BCUT2D eigenvalue weighted by Crippen LogP contribution is 2.37. The lowest BCUT2D eigenvalue weighted by molar-refractivity contribution is 0.0715. The number of likely N-dealkylation sites (tertiary alicyclic amines) is 1. The Morgan fingerprint density at radius 1 is 1.39 bits per heavy atom. The summed E-state index contributed by atoms with van der Waals surface area (Å²) in [6.45, 7) is 0.0699. The maximum absolute atomic E-state index is 14.1. The molecule has 1 aromatic carbocycles. The molecule has 23 heavy (non-hydrogen) atoms. The number of ether oxygens (including phenoxy) is 1. The number of aliphatic hydroxyl groups is 1. The number of carbonyl (C=O) groups is 1. The smallest absolute Gasteiger partial charge is 0.268 e. The molecular formula is C16H15F2NO3S. The predicted molar refractivity (Wildman–Crippen MR) is 81.6 cm³/mol. The lowest BCUT2D eigenvalue weighted by Gasteiger charge is -2.25. The molecule has 1 fully saturated rings. The van der Waals surface area contributed by atoms with E-state index in [0.717, 1.165) is 18.2 Å². The average Bonchev–Trinajstić information content (AvgIpc) is 3.15. The van der Waals surface area contributed by atoms with E-state index >= 15 is 0 Å². The highest BCUT2D eigenvalue weighted by Gasteiger charge is 2.38. The van der Waals surface area contributed by atoms with Gasteiger partial charge < -0.3 is 14.7 Å². The van der Waals surface area contributed by atoms with Crippen molar-refractivity contribution in [3.63, 3.8) is 0 Å². The summed E-state index contributed by atoms with van der Waals surface area (Å²) in [5.74, 6) is -1.10. The van der Waals surface area contributed by atoms with Crippen LogP contribution in [0.25, 0.3) is 0 Å². The predicted octanol–water partition coefficient (Wildman–Crippen LogP) is 2.98. The quantitative estimate of drug-likeness (QED) is 0.935. The number of hydrogen-bond acceptors (Lipinski definition) is 4. The lowest BCUT2D eigenvalue weighted by atomic mass is 10.0. The third-order valence-corrected chi connectivity index (χ3v) is 4.78. The normalized spacial score (nSPS) is 20.8. The first-order valence-electron chi connectivity index (χ1n) is 7.06. The van der Waals surface area contributed by atoms with Crippen molar-refractivity contribution in [1.82, 2.24) is 4.90 Å². The van der Waals surface area contributed by atoms with Crippen LogP contribution in [0.15, 0.2) is 29.6 Å². The number of benzene rings is 1. The van der Waals surface area contributed by atoms with Crippen molar-refractivity contribution in [3.8, 4) is 5.75 Å². The van der Waals surface area contributed by atoms with E-state index < -0.39 is 23.8 Å². The van der Waals surface area contributed by atoms with Crippen LogP contribution in [0.1, 0.15) is 27.7 Å². The Morgan fingerprint density at radius 3 is 2.91 bits per heavy atom. The second-order valence-corrected chi connectivity index (χ2v) is 6.26. The summed E-state index contributed by atoms with van der Waals surface area (Å²) >= 11 is 1.21. The third kappa shape index (κ3) is 2.94. The third-order valence-electron chi connectivity index (χ3n) is 3.90. The summed E-state index contributed by atoms with van der Waals surface area (Å²) in [5.41, 5.74) is 0.0745. The largest absolute Gasteiger partial charge is 0.495 e. The molecule has 0 saturated carbocycles. The van der Waals surface area contributed by atoms with Gasteiger partial charge in [0.05, 0.1) is 19.3 Å². The molecule has 2 atom stereocenters. The number of methoxy groups -OCH3 is 1. The molecule has 122 valence electrons. The zero-order valence-electron chi connectivity index (χ0n) is 12.3. The highest BCUT2D eigenvalue weighted by molar-refractivity contribution is 7.12. The maximum atomic E-state index is 14.1. The Bertz CT molecular complexity index is 734. The van der Waals surface area contributed by atoms with Gasteiger partial charge in [-0.25, -0.2) is 8.78 Å². The van der Waals surface area contributed by atoms with Gasteiger partial charge in [0.1, 0.15) is 22.3 Å². The van der Waals surface area contributed by atoms with Crippen molar-refractivity contribution >= 4 is 17.2 Å². The van der Waals surface area contributed by atoms with E-state index in [-0.39, 0.29) is 24.4 Å². The molecule has 0 spiro atoms. The van der Waals surface area contributed by atoms with E-state index in [1.165, 1.54) is 23.3 Å². The molecule has 3 rings (SSSR count). The summed E-state index contributed by atoms with van der Waals surface area (Å²) in [4.78, 5) is 14.5. The van der Waals surface area contributed by atoms with Crippen LogP contribution in [0, 0.1) is 11.6 Å². The van der Waals surface area contributed by atoms with E-state index in [9.17, 15) is 18.7 Å². The number of β-amino-alcohol motifs (C(OH)–C–C–N with tert-alkyl or cyclic N) is 1. The van der Waals surface area contributed by atoms with Crippen LogP contribution in [-0.2, 0) is 0 Å². The van der Waals surface area contributed by atoms with Crippen molar-refractivity contribution in [2.75, 3.05) is 13.7 Å². The summed E-state index contributed by atoms with van der Waals surface area (Å²) < 4.78 is 32.7. The zero-order valence-corrected chi connectivity index (χ0v) is 13.1. The van der Waals surface area contributed by atoms with E-state index in [1.54, 1.807) is 11.4 Å². The van der Waals surface area contributed by atoms with Crippen LogP contribution in [0.3, 0.4) is 0 Å². The Hall–Kier alpha value is -1.99. The first-order chi connectivity index (χ1) is 11.0. The van der Waals surface area contributed by atoms with Crippen molar-refractivity contribution < 1.29 is 23.4 Å². The number of halogens is 2. The Balaban J connectivity index is 1.97. The van der Waals surface area contributed by atoms with Crippen LogP contribution >= 0.6 is 11.3 Å². The summed E-state index contributed by atoms with van der Waals surface area (Å²) in [6, 6.07) is 4.09. The molecule has 0 radical (unpaired) electrons. The van der Waals surface area contributed by atoms with Crippen molar-refractivity contribution in [3.05, 3.63) is 51.7 Å². The Labute approximate surface area is 135 Å². The number of nitrogens with zero attached hydrogens (tertiary/aromatic N) is 1. The van der Waals surface area contributed by atoms with Crippen molar-refractivity contribution in [2.24, 2.45) is 0 Å². The minimum atomic E-state index is -0.780. The van der Waals surface area contributed by atoms with E-state index in [1.807, 2.05) is 0 Å². The number of amides is 1. The molecule has 2 aromatic rings. The fourth-order valence-electron chi connectivity index (χ4n) is 2.85. The van der Waals surface area contributed by atoms with Crippen LogP contribution in [0.4, 0.5) is 8.78 Å². The molecular weight excluding hydrogens is 324 g/mol. The fourth-order valence-corrected chi connectivity index (χ4v) is 3.66. The van der Waals surface area contributed by atoms with Crippen LogP contribution < -0.4 is 4.74 Å². The molecule has 1 aliphatic heterocycles. The highest BCUT2D eigenvalue weighted by atomic mass is 32.1. The molecule has 0 aliphatic carbocycles. The molecule has 1 saturated heterocycles. The fraction of sp³-hybridized carbons (Fsp3) is 0.312. The number of aliphatic hydroxyl groups excluding tert-OH is 1. The molecule has 2 heterocycles. The molecule has 4 nitrogen and oxygen atoms in total. The van der Waals surface area contributed by atoms with Gasteiger partial charge in [-0.3, -0.25) is 4.79 Å². The van der Waals surface area contributed by atoms with Crippen LogP contribution in [0.5, 0.6) is 5.75 Å². The Morgan fingerprint density at radius 2 is 2.17 bits per heavy atom. The van der Waals surface area contributed by atoms with Gasteiger partial charge in [0, 0.05) is 12.1 Å². The molecule has 1 amide bonds. The van der Waals surface area contributed by atoms with Gasteiger partial charge in [-0.05, 0) is 36.1 Å². The van der Waals surface area contributed by atoms with Gasteiger partial charge in [0.2, 0.25) is 0 Å².